The SMILES string of the molecule is CCCS(=O)(=O)NC(C)C(=O)N1CCCCC1C(=O)OC. The summed E-state index contributed by atoms with van der Waals surface area (Å²) in [5, 5.41) is 0. The van der Waals surface area contributed by atoms with Crippen molar-refractivity contribution in [1.29, 1.82) is 0 Å². The number of nitrogens with zero attached hydrogens (tertiary/aromatic N) is 1. The molecule has 0 aromatic rings. The minimum atomic E-state index is -3.47. The van der Waals surface area contributed by atoms with Gasteiger partial charge < -0.3 is 9.64 Å². The Balaban J connectivity index is 2.77. The average Bonchev–Trinajstić information content (AvgIpc) is 2.45. The van der Waals surface area contributed by atoms with Gasteiger partial charge in [-0.3, -0.25) is 4.79 Å². The lowest BCUT2D eigenvalue weighted by molar-refractivity contribution is -0.155. The third kappa shape index (κ3) is 4.96. The van der Waals surface area contributed by atoms with Crippen LogP contribution in [0.25, 0.3) is 0 Å². The molecule has 21 heavy (non-hydrogen) atoms. The highest BCUT2D eigenvalue weighted by molar-refractivity contribution is 7.89. The van der Waals surface area contributed by atoms with E-state index < -0.39 is 28.1 Å². The minimum Gasteiger partial charge on any atom is -0.467 e. The van der Waals surface area contributed by atoms with Crippen molar-refractivity contribution in [2.24, 2.45) is 0 Å². The fourth-order valence-electron chi connectivity index (χ4n) is 2.47. The van der Waals surface area contributed by atoms with Crippen molar-refractivity contribution in [2.45, 2.75) is 51.6 Å². The van der Waals surface area contributed by atoms with Gasteiger partial charge in [-0.1, -0.05) is 6.92 Å². The molecule has 0 aromatic carbocycles. The molecule has 1 aliphatic heterocycles. The molecule has 2 unspecified atom stereocenters. The Morgan fingerprint density at radius 1 is 1.38 bits per heavy atom. The highest BCUT2D eigenvalue weighted by atomic mass is 32.2. The molecule has 0 bridgehead atoms. The van der Waals surface area contributed by atoms with Gasteiger partial charge in [0.15, 0.2) is 0 Å². The Morgan fingerprint density at radius 3 is 2.62 bits per heavy atom. The third-order valence-corrected chi connectivity index (χ3v) is 5.12. The third-order valence-electron chi connectivity index (χ3n) is 3.46. The van der Waals surface area contributed by atoms with Crippen LogP contribution in [0.5, 0.6) is 0 Å². The fraction of sp³-hybridized carbons (Fsp3) is 0.846. The van der Waals surface area contributed by atoms with Crippen LogP contribution in [0.15, 0.2) is 0 Å². The first-order valence-corrected chi connectivity index (χ1v) is 8.86. The lowest BCUT2D eigenvalue weighted by Gasteiger charge is -2.35. The molecule has 1 fully saturated rings. The predicted octanol–water partition coefficient (Wildman–Crippen LogP) is 0.258. The van der Waals surface area contributed by atoms with Gasteiger partial charge in [0.25, 0.3) is 0 Å². The van der Waals surface area contributed by atoms with Gasteiger partial charge >= 0.3 is 5.97 Å². The van der Waals surface area contributed by atoms with E-state index in [2.05, 4.69) is 4.72 Å². The van der Waals surface area contributed by atoms with E-state index in [-0.39, 0.29) is 11.7 Å². The summed E-state index contributed by atoms with van der Waals surface area (Å²) in [6.45, 7) is 3.70. The summed E-state index contributed by atoms with van der Waals surface area (Å²) in [5.74, 6) is -0.859. The van der Waals surface area contributed by atoms with Crippen LogP contribution in [-0.2, 0) is 24.3 Å². The maximum absolute atomic E-state index is 12.4. The van der Waals surface area contributed by atoms with E-state index in [0.717, 1.165) is 12.8 Å². The first-order valence-electron chi connectivity index (χ1n) is 7.20. The zero-order chi connectivity index (χ0) is 16.0. The van der Waals surface area contributed by atoms with E-state index in [1.807, 2.05) is 0 Å². The van der Waals surface area contributed by atoms with E-state index in [1.54, 1.807) is 6.92 Å². The Labute approximate surface area is 126 Å². The molecule has 0 saturated carbocycles. The van der Waals surface area contributed by atoms with Gasteiger partial charge in [0, 0.05) is 6.54 Å². The molecule has 0 spiro atoms. The Kier molecular flexibility index (Phi) is 6.60. The smallest absolute Gasteiger partial charge is 0.328 e. The van der Waals surface area contributed by atoms with Crippen molar-refractivity contribution in [1.82, 2.24) is 9.62 Å². The maximum Gasteiger partial charge on any atom is 0.328 e. The van der Waals surface area contributed by atoms with Gasteiger partial charge in [0.1, 0.15) is 6.04 Å². The molecule has 0 aliphatic carbocycles. The van der Waals surface area contributed by atoms with Gasteiger partial charge in [0.2, 0.25) is 15.9 Å². The monoisotopic (exact) mass is 320 g/mol. The van der Waals surface area contributed by atoms with Crippen LogP contribution in [0.1, 0.15) is 39.5 Å². The average molecular weight is 320 g/mol. The number of hydrogen-bond donors (Lipinski definition) is 1. The van der Waals surface area contributed by atoms with Gasteiger partial charge in [-0.05, 0) is 32.6 Å². The molecule has 1 amide bonds. The summed E-state index contributed by atoms with van der Waals surface area (Å²) in [6, 6.07) is -1.50. The lowest BCUT2D eigenvalue weighted by Crippen LogP contribution is -2.55. The highest BCUT2D eigenvalue weighted by Crippen LogP contribution is 2.19. The topological polar surface area (TPSA) is 92.8 Å². The van der Waals surface area contributed by atoms with Crippen molar-refractivity contribution in [3.05, 3.63) is 0 Å². The number of methoxy groups -OCH3 is 1. The number of hydrogen-bond acceptors (Lipinski definition) is 5. The summed E-state index contributed by atoms with van der Waals surface area (Å²) < 4.78 is 30.5. The number of carbonyl (C=O) groups excluding carboxylic acids is 2. The molecule has 1 saturated heterocycles. The molecule has 2 atom stereocenters. The summed E-state index contributed by atoms with van der Waals surface area (Å²) in [4.78, 5) is 25.6. The standard InChI is InChI=1S/C13H24N2O5S/c1-4-9-21(18,19)14-10(2)12(16)15-8-6-5-7-11(15)13(17)20-3/h10-11,14H,4-9H2,1-3H3. The summed E-state index contributed by atoms with van der Waals surface area (Å²) >= 11 is 0. The number of rotatable bonds is 6. The summed E-state index contributed by atoms with van der Waals surface area (Å²) in [5.41, 5.74) is 0. The minimum absolute atomic E-state index is 0.0228. The predicted molar refractivity (Wildman–Crippen MR) is 78.0 cm³/mol. The van der Waals surface area contributed by atoms with Crippen molar-refractivity contribution >= 4 is 21.9 Å². The highest BCUT2D eigenvalue weighted by Gasteiger charge is 2.35. The van der Waals surface area contributed by atoms with Gasteiger partial charge in [-0.15, -0.1) is 0 Å². The summed E-state index contributed by atoms with van der Waals surface area (Å²) in [7, 11) is -2.19. The number of likely N-dealkylation sites (tertiary alicyclic amines) is 1. The van der Waals surface area contributed by atoms with Crippen LogP contribution in [0.4, 0.5) is 0 Å². The lowest BCUT2D eigenvalue weighted by atomic mass is 10.0. The van der Waals surface area contributed by atoms with Crippen molar-refractivity contribution in [3.8, 4) is 0 Å². The summed E-state index contributed by atoms with van der Waals surface area (Å²) in [6.07, 6.45) is 2.67. The molecule has 1 rings (SSSR count). The van der Waals surface area contributed by atoms with E-state index >= 15 is 0 Å². The molecular formula is C13H24N2O5S. The molecule has 8 heteroatoms. The van der Waals surface area contributed by atoms with E-state index in [0.29, 0.717) is 19.4 Å². The zero-order valence-electron chi connectivity index (χ0n) is 12.8. The second kappa shape index (κ2) is 7.74. The largest absolute Gasteiger partial charge is 0.467 e. The van der Waals surface area contributed by atoms with Crippen molar-refractivity contribution < 1.29 is 22.7 Å². The number of amides is 1. The van der Waals surface area contributed by atoms with Crippen LogP contribution in [0.3, 0.4) is 0 Å². The number of ether oxygens (including phenoxy) is 1. The molecule has 1 aliphatic rings. The molecule has 0 aromatic heterocycles. The molecule has 1 N–H and O–H groups in total. The second-order valence-electron chi connectivity index (χ2n) is 5.22. The van der Waals surface area contributed by atoms with Crippen LogP contribution in [0.2, 0.25) is 0 Å². The van der Waals surface area contributed by atoms with Gasteiger partial charge in [0.05, 0.1) is 18.9 Å². The quantitative estimate of drug-likeness (QED) is 0.709. The molecule has 122 valence electrons. The molecule has 1 heterocycles. The van der Waals surface area contributed by atoms with Crippen molar-refractivity contribution in [3.63, 3.8) is 0 Å². The number of carbonyl (C=O) groups is 2. The number of sulfonamides is 1. The first-order chi connectivity index (χ1) is 9.82. The van der Waals surface area contributed by atoms with Crippen LogP contribution >= 0.6 is 0 Å². The van der Waals surface area contributed by atoms with Crippen molar-refractivity contribution in [2.75, 3.05) is 19.4 Å². The zero-order valence-corrected chi connectivity index (χ0v) is 13.6. The van der Waals surface area contributed by atoms with E-state index in [4.69, 9.17) is 4.74 Å². The fourth-order valence-corrected chi connectivity index (χ4v) is 3.77. The molecule has 0 radical (unpaired) electrons. The number of nitrogens with one attached hydrogen (secondary N) is 1. The van der Waals surface area contributed by atoms with E-state index in [1.165, 1.54) is 18.9 Å². The Bertz CT molecular complexity index is 477. The van der Waals surface area contributed by atoms with Gasteiger partial charge in [-0.25, -0.2) is 17.9 Å². The van der Waals surface area contributed by atoms with Gasteiger partial charge in [-0.2, -0.15) is 0 Å². The number of esters is 1. The Hall–Kier alpha value is -1.15. The first kappa shape index (κ1) is 17.9. The molecule has 7 nitrogen and oxygen atoms in total. The second-order valence-corrected chi connectivity index (χ2v) is 7.10. The Morgan fingerprint density at radius 2 is 2.05 bits per heavy atom. The maximum atomic E-state index is 12.4. The van der Waals surface area contributed by atoms with E-state index in [9.17, 15) is 18.0 Å². The van der Waals surface area contributed by atoms with Crippen LogP contribution < -0.4 is 4.72 Å². The van der Waals surface area contributed by atoms with Crippen LogP contribution in [-0.4, -0.2) is 56.7 Å². The normalized spacial score (nSPS) is 20.9. The molecular weight excluding hydrogens is 296 g/mol. The van der Waals surface area contributed by atoms with Crippen LogP contribution in [0, 0.1) is 0 Å². The number of piperidine rings is 1.